The molecule has 0 saturated heterocycles. The highest BCUT2D eigenvalue weighted by Gasteiger charge is 2.23. The topological polar surface area (TPSA) is 15.3 Å². The van der Waals surface area contributed by atoms with Crippen LogP contribution in [-0.2, 0) is 6.54 Å². The zero-order chi connectivity index (χ0) is 13.0. The average molecular weight is 331 g/mol. The van der Waals surface area contributed by atoms with Gasteiger partial charge in [0.05, 0.1) is 0 Å². The molecule has 18 heavy (non-hydrogen) atoms. The summed E-state index contributed by atoms with van der Waals surface area (Å²) in [7, 11) is 2.27. The fourth-order valence-corrected chi connectivity index (χ4v) is 4.33. The van der Waals surface area contributed by atoms with Crippen molar-refractivity contribution in [2.24, 2.45) is 0 Å². The molecular formula is C14H23BrN2S. The molecule has 0 aromatic carbocycles. The fourth-order valence-electron chi connectivity index (χ4n) is 2.82. The maximum atomic E-state index is 3.57. The minimum atomic E-state index is 0.760. The van der Waals surface area contributed by atoms with Gasteiger partial charge in [-0.05, 0) is 61.3 Å². The van der Waals surface area contributed by atoms with E-state index in [1.165, 1.54) is 35.0 Å². The van der Waals surface area contributed by atoms with Crippen LogP contribution in [0.15, 0.2) is 15.9 Å². The van der Waals surface area contributed by atoms with Crippen molar-refractivity contribution >= 4 is 27.3 Å². The Morgan fingerprint density at radius 1 is 1.39 bits per heavy atom. The first-order valence-corrected chi connectivity index (χ1v) is 8.53. The molecule has 102 valence electrons. The van der Waals surface area contributed by atoms with E-state index in [1.807, 2.05) is 11.3 Å². The molecule has 4 heteroatoms. The first-order chi connectivity index (χ1) is 8.69. The first-order valence-electron chi connectivity index (χ1n) is 6.85. The number of halogens is 1. The Balaban J connectivity index is 1.78. The fraction of sp³-hybridized carbons (Fsp3) is 0.714. The molecular weight excluding hydrogens is 308 g/mol. The Hall–Kier alpha value is 0.1000. The van der Waals surface area contributed by atoms with Crippen LogP contribution in [0.25, 0.3) is 0 Å². The third-order valence-corrected chi connectivity index (χ3v) is 5.52. The Morgan fingerprint density at radius 2 is 2.11 bits per heavy atom. The molecule has 0 atom stereocenters. The summed E-state index contributed by atoms with van der Waals surface area (Å²) in [4.78, 5) is 3.98. The lowest BCUT2D eigenvalue weighted by atomic mass is 9.90. The van der Waals surface area contributed by atoms with Gasteiger partial charge < -0.3 is 5.32 Å². The van der Waals surface area contributed by atoms with Crippen LogP contribution in [0.1, 0.15) is 37.5 Å². The molecule has 0 amide bonds. The summed E-state index contributed by atoms with van der Waals surface area (Å²) in [5, 5.41) is 5.75. The van der Waals surface area contributed by atoms with E-state index in [2.05, 4.69) is 51.6 Å². The van der Waals surface area contributed by atoms with E-state index in [0.29, 0.717) is 0 Å². The predicted octanol–water partition coefficient (Wildman–Crippen LogP) is 3.86. The molecule has 0 unspecified atom stereocenters. The standard InChI is InChI=1S/C14H23BrN2S/c1-3-16-12-4-6-13(7-5-12)17(2)9-14-8-11(15)10-18-14/h8,10,12-13,16H,3-7,9H2,1-2H3. The van der Waals surface area contributed by atoms with E-state index >= 15 is 0 Å². The zero-order valence-electron chi connectivity index (χ0n) is 11.3. The van der Waals surface area contributed by atoms with E-state index < -0.39 is 0 Å². The van der Waals surface area contributed by atoms with Gasteiger partial charge in [-0.25, -0.2) is 0 Å². The van der Waals surface area contributed by atoms with Crippen LogP contribution in [0.4, 0.5) is 0 Å². The molecule has 0 radical (unpaired) electrons. The van der Waals surface area contributed by atoms with Crippen molar-refractivity contribution in [3.8, 4) is 0 Å². The van der Waals surface area contributed by atoms with Crippen LogP contribution in [0.5, 0.6) is 0 Å². The van der Waals surface area contributed by atoms with Gasteiger partial charge in [-0.1, -0.05) is 6.92 Å². The lowest BCUT2D eigenvalue weighted by molar-refractivity contribution is 0.169. The summed E-state index contributed by atoms with van der Waals surface area (Å²) < 4.78 is 1.21. The maximum absolute atomic E-state index is 3.57. The molecule has 1 aliphatic rings. The quantitative estimate of drug-likeness (QED) is 0.881. The third-order valence-electron chi connectivity index (χ3n) is 3.84. The molecule has 1 N–H and O–H groups in total. The van der Waals surface area contributed by atoms with E-state index in [4.69, 9.17) is 0 Å². The van der Waals surface area contributed by atoms with E-state index in [0.717, 1.165) is 25.2 Å². The molecule has 1 aromatic rings. The van der Waals surface area contributed by atoms with E-state index in [1.54, 1.807) is 0 Å². The van der Waals surface area contributed by atoms with Crippen LogP contribution in [-0.4, -0.2) is 30.6 Å². The Labute approximate surface area is 123 Å². The minimum absolute atomic E-state index is 0.760. The second kappa shape index (κ2) is 7.04. The molecule has 1 aromatic heterocycles. The molecule has 1 heterocycles. The van der Waals surface area contributed by atoms with E-state index in [-0.39, 0.29) is 0 Å². The molecule has 2 nitrogen and oxygen atoms in total. The van der Waals surface area contributed by atoms with Crippen molar-refractivity contribution < 1.29 is 0 Å². The van der Waals surface area contributed by atoms with Gasteiger partial charge in [0.25, 0.3) is 0 Å². The van der Waals surface area contributed by atoms with Crippen LogP contribution in [0.3, 0.4) is 0 Å². The summed E-state index contributed by atoms with van der Waals surface area (Å²) in [5.41, 5.74) is 0. The molecule has 0 bridgehead atoms. The average Bonchev–Trinajstić information content (AvgIpc) is 2.76. The Kier molecular flexibility index (Phi) is 5.67. The van der Waals surface area contributed by atoms with Crippen LogP contribution in [0.2, 0.25) is 0 Å². The number of hydrogen-bond acceptors (Lipinski definition) is 3. The van der Waals surface area contributed by atoms with Crippen molar-refractivity contribution in [3.05, 3.63) is 20.8 Å². The first kappa shape index (κ1) is 14.5. The summed E-state index contributed by atoms with van der Waals surface area (Å²) in [6, 6.07) is 3.77. The number of nitrogens with one attached hydrogen (secondary N) is 1. The number of thiophene rings is 1. The molecule has 1 fully saturated rings. The summed E-state index contributed by atoms with van der Waals surface area (Å²) in [6.45, 7) is 4.40. The molecule has 2 rings (SSSR count). The lowest BCUT2D eigenvalue weighted by Gasteiger charge is -2.34. The third kappa shape index (κ3) is 4.05. The predicted molar refractivity (Wildman–Crippen MR) is 83.2 cm³/mol. The van der Waals surface area contributed by atoms with Gasteiger partial charge in [-0.3, -0.25) is 4.90 Å². The zero-order valence-corrected chi connectivity index (χ0v) is 13.7. The SMILES string of the molecule is CCNC1CCC(N(C)Cc2cc(Br)cs2)CC1. The summed E-state index contributed by atoms with van der Waals surface area (Å²) in [6.07, 6.45) is 5.33. The van der Waals surface area contributed by atoms with Gasteiger partial charge in [0, 0.05) is 33.4 Å². The van der Waals surface area contributed by atoms with Crippen LogP contribution >= 0.6 is 27.3 Å². The highest BCUT2D eigenvalue weighted by atomic mass is 79.9. The van der Waals surface area contributed by atoms with Crippen molar-refractivity contribution in [2.45, 2.75) is 51.2 Å². The Morgan fingerprint density at radius 3 is 2.67 bits per heavy atom. The van der Waals surface area contributed by atoms with Gasteiger partial charge in [-0.2, -0.15) is 0 Å². The van der Waals surface area contributed by atoms with Crippen molar-refractivity contribution in [1.29, 1.82) is 0 Å². The summed E-state index contributed by atoms with van der Waals surface area (Å²) >= 11 is 5.38. The normalized spacial score (nSPS) is 24.7. The molecule has 1 aliphatic carbocycles. The van der Waals surface area contributed by atoms with Crippen molar-refractivity contribution in [2.75, 3.05) is 13.6 Å². The molecule has 1 saturated carbocycles. The van der Waals surface area contributed by atoms with Gasteiger partial charge >= 0.3 is 0 Å². The van der Waals surface area contributed by atoms with Gasteiger partial charge in [0.2, 0.25) is 0 Å². The number of hydrogen-bond donors (Lipinski definition) is 1. The smallest absolute Gasteiger partial charge is 0.0328 e. The molecule has 0 aliphatic heterocycles. The monoisotopic (exact) mass is 330 g/mol. The maximum Gasteiger partial charge on any atom is 0.0328 e. The lowest BCUT2D eigenvalue weighted by Crippen LogP contribution is -2.40. The highest BCUT2D eigenvalue weighted by molar-refractivity contribution is 9.10. The Bertz CT molecular complexity index is 358. The second-order valence-corrected chi connectivity index (χ2v) is 7.12. The van der Waals surface area contributed by atoms with Crippen molar-refractivity contribution in [1.82, 2.24) is 10.2 Å². The molecule has 0 spiro atoms. The van der Waals surface area contributed by atoms with Crippen LogP contribution in [0, 0.1) is 0 Å². The number of nitrogens with zero attached hydrogens (tertiary/aromatic N) is 1. The number of rotatable bonds is 5. The van der Waals surface area contributed by atoms with Crippen LogP contribution < -0.4 is 5.32 Å². The van der Waals surface area contributed by atoms with Crippen molar-refractivity contribution in [3.63, 3.8) is 0 Å². The highest BCUT2D eigenvalue weighted by Crippen LogP contribution is 2.26. The summed E-state index contributed by atoms with van der Waals surface area (Å²) in [5.74, 6) is 0. The van der Waals surface area contributed by atoms with Gasteiger partial charge in [0.1, 0.15) is 0 Å². The second-order valence-electron chi connectivity index (χ2n) is 5.21. The largest absolute Gasteiger partial charge is 0.314 e. The minimum Gasteiger partial charge on any atom is -0.314 e. The van der Waals surface area contributed by atoms with Gasteiger partial charge in [0.15, 0.2) is 0 Å². The van der Waals surface area contributed by atoms with Gasteiger partial charge in [-0.15, -0.1) is 11.3 Å². The van der Waals surface area contributed by atoms with E-state index in [9.17, 15) is 0 Å².